The predicted octanol–water partition coefficient (Wildman–Crippen LogP) is 0.303. The van der Waals surface area contributed by atoms with Gasteiger partial charge in [0.25, 0.3) is 5.91 Å². The van der Waals surface area contributed by atoms with Crippen molar-refractivity contribution in [2.45, 2.75) is 18.9 Å². The molecule has 1 unspecified atom stereocenters. The summed E-state index contributed by atoms with van der Waals surface area (Å²) < 4.78 is 5.29. The zero-order chi connectivity index (χ0) is 18.4. The van der Waals surface area contributed by atoms with E-state index in [4.69, 9.17) is 10.5 Å². The van der Waals surface area contributed by atoms with Crippen LogP contribution in [0.4, 0.5) is 0 Å². The van der Waals surface area contributed by atoms with Gasteiger partial charge in [0, 0.05) is 6.54 Å². The second-order valence-electron chi connectivity index (χ2n) is 5.69. The van der Waals surface area contributed by atoms with Gasteiger partial charge < -0.3 is 20.9 Å². The number of ether oxygens (including phenoxy) is 1. The zero-order valence-corrected chi connectivity index (χ0v) is 13.7. The van der Waals surface area contributed by atoms with E-state index in [0.29, 0.717) is 31.0 Å². The van der Waals surface area contributed by atoms with Crippen LogP contribution in [0, 0.1) is 5.92 Å². The number of hydrogen-bond donors (Lipinski definition) is 3. The maximum absolute atomic E-state index is 12.2. The van der Waals surface area contributed by atoms with E-state index in [1.165, 1.54) is 0 Å². The molecule has 8 heteroatoms. The lowest BCUT2D eigenvalue weighted by Crippen LogP contribution is -2.67. The second kappa shape index (κ2) is 8.18. The second-order valence-corrected chi connectivity index (χ2v) is 5.69. The molecule has 1 heterocycles. The van der Waals surface area contributed by atoms with Crippen LogP contribution in [0.5, 0.6) is 5.75 Å². The maximum atomic E-state index is 12.2. The van der Waals surface area contributed by atoms with Gasteiger partial charge in [-0.1, -0.05) is 24.8 Å². The Hall–Kier alpha value is -3.03. The number of aliphatic carboxylic acids is 1. The Morgan fingerprint density at radius 1 is 1.32 bits per heavy atom. The van der Waals surface area contributed by atoms with E-state index in [-0.39, 0.29) is 6.61 Å². The summed E-state index contributed by atoms with van der Waals surface area (Å²) >= 11 is 0. The third kappa shape index (κ3) is 4.50. The maximum Gasteiger partial charge on any atom is 0.327 e. The van der Waals surface area contributed by atoms with E-state index < -0.39 is 29.7 Å². The number of nitrogens with zero attached hydrogens (tertiary/aromatic N) is 1. The fourth-order valence-corrected chi connectivity index (χ4v) is 2.69. The number of rotatable bonds is 9. The summed E-state index contributed by atoms with van der Waals surface area (Å²) in [5.41, 5.74) is 5.37. The van der Waals surface area contributed by atoms with Gasteiger partial charge in [-0.3, -0.25) is 14.5 Å². The van der Waals surface area contributed by atoms with Crippen molar-refractivity contribution in [1.29, 1.82) is 0 Å². The van der Waals surface area contributed by atoms with Gasteiger partial charge in [-0.05, 0) is 25.0 Å². The van der Waals surface area contributed by atoms with Crippen molar-refractivity contribution in [3.63, 3.8) is 0 Å². The number of likely N-dealkylation sites (tertiary alicyclic amines) is 1. The average Bonchev–Trinajstić information content (AvgIpc) is 2.57. The van der Waals surface area contributed by atoms with Gasteiger partial charge in [0.2, 0.25) is 5.91 Å². The Balaban J connectivity index is 1.89. The number of carboxylic acid groups (broad SMARTS) is 1. The highest BCUT2D eigenvalue weighted by atomic mass is 16.5. The molecular formula is C17H21N3O5. The van der Waals surface area contributed by atoms with Crippen molar-refractivity contribution in [3.8, 4) is 5.75 Å². The van der Waals surface area contributed by atoms with Crippen LogP contribution in [-0.2, 0) is 14.4 Å². The number of benzene rings is 1. The molecule has 1 saturated heterocycles. The Kier molecular flexibility index (Phi) is 5.99. The summed E-state index contributed by atoms with van der Waals surface area (Å²) in [4.78, 5) is 36.5. The van der Waals surface area contributed by atoms with Crippen LogP contribution in [-0.4, -0.2) is 47.0 Å². The Labute approximate surface area is 145 Å². The molecule has 2 rings (SSSR count). The summed E-state index contributed by atoms with van der Waals surface area (Å²) in [6, 6.07) is 7.47. The van der Waals surface area contributed by atoms with Crippen molar-refractivity contribution < 1.29 is 24.2 Å². The zero-order valence-electron chi connectivity index (χ0n) is 13.7. The summed E-state index contributed by atoms with van der Waals surface area (Å²) in [6.45, 7) is 3.58. The van der Waals surface area contributed by atoms with Gasteiger partial charge in [-0.25, -0.2) is 4.79 Å². The lowest BCUT2D eigenvalue weighted by molar-refractivity contribution is -0.178. The summed E-state index contributed by atoms with van der Waals surface area (Å²) in [5, 5.41) is 12.1. The topological polar surface area (TPSA) is 122 Å². The summed E-state index contributed by atoms with van der Waals surface area (Å²) in [7, 11) is 0. The predicted molar refractivity (Wildman–Crippen MR) is 89.3 cm³/mol. The molecule has 0 aliphatic carbocycles. The van der Waals surface area contributed by atoms with Gasteiger partial charge in [0.15, 0.2) is 6.61 Å². The number of para-hydroxylation sites is 1. The molecular weight excluding hydrogens is 326 g/mol. The molecule has 1 fully saturated rings. The van der Waals surface area contributed by atoms with Crippen molar-refractivity contribution in [1.82, 2.24) is 10.2 Å². The molecule has 0 radical (unpaired) electrons. The first-order valence-corrected chi connectivity index (χ1v) is 7.86. The summed E-state index contributed by atoms with van der Waals surface area (Å²) in [5.74, 6) is -2.28. The number of nitrogens with two attached hydrogens (primary N) is 1. The van der Waals surface area contributed by atoms with Crippen LogP contribution < -0.4 is 15.8 Å². The first kappa shape index (κ1) is 18.3. The van der Waals surface area contributed by atoms with Crippen molar-refractivity contribution in [3.05, 3.63) is 42.7 Å². The monoisotopic (exact) mass is 347 g/mol. The highest BCUT2D eigenvalue weighted by molar-refractivity contribution is 6.08. The molecule has 0 saturated carbocycles. The minimum atomic E-state index is -1.20. The van der Waals surface area contributed by atoms with E-state index in [1.54, 1.807) is 30.3 Å². The number of hydrogen-bond acceptors (Lipinski definition) is 6. The number of β-lactam (4-membered cyclic amide) rings is 1. The molecule has 1 aliphatic rings. The molecule has 4 N–H and O–H groups in total. The fourth-order valence-electron chi connectivity index (χ4n) is 2.69. The highest BCUT2D eigenvalue weighted by Crippen LogP contribution is 2.31. The normalized spacial score (nSPS) is 19.0. The third-order valence-corrected chi connectivity index (χ3v) is 3.89. The van der Waals surface area contributed by atoms with Gasteiger partial charge in [0.1, 0.15) is 11.8 Å². The summed E-state index contributed by atoms with van der Waals surface area (Å²) in [6.07, 6.45) is 0.887. The lowest BCUT2D eigenvalue weighted by atomic mass is 9.83. The van der Waals surface area contributed by atoms with Crippen LogP contribution in [0.25, 0.3) is 0 Å². The Morgan fingerprint density at radius 2 is 2.00 bits per heavy atom. The number of carbonyl (C=O) groups is 3. The lowest BCUT2D eigenvalue weighted by Gasteiger charge is -2.42. The molecule has 2 amide bonds. The molecule has 1 aromatic carbocycles. The van der Waals surface area contributed by atoms with Crippen LogP contribution in [0.3, 0.4) is 0 Å². The van der Waals surface area contributed by atoms with Gasteiger partial charge in [-0.2, -0.15) is 0 Å². The minimum absolute atomic E-state index is 0.310. The van der Waals surface area contributed by atoms with Crippen LogP contribution >= 0.6 is 0 Å². The van der Waals surface area contributed by atoms with Crippen LogP contribution in [0.2, 0.25) is 0 Å². The molecule has 2 atom stereocenters. The SMILES string of the molecule is C=C(N)NCCC[C@H]1C(=O)N(C(=O)COc2ccccc2)C1C(=O)O. The van der Waals surface area contributed by atoms with Crippen molar-refractivity contribution in [2.24, 2.45) is 11.7 Å². The number of amides is 2. The molecule has 0 spiro atoms. The van der Waals surface area contributed by atoms with Crippen LogP contribution in [0.15, 0.2) is 42.7 Å². The van der Waals surface area contributed by atoms with E-state index in [2.05, 4.69) is 11.9 Å². The smallest absolute Gasteiger partial charge is 0.327 e. The van der Waals surface area contributed by atoms with Crippen LogP contribution in [0.1, 0.15) is 12.8 Å². The van der Waals surface area contributed by atoms with E-state index in [9.17, 15) is 19.5 Å². The molecule has 25 heavy (non-hydrogen) atoms. The Morgan fingerprint density at radius 3 is 2.60 bits per heavy atom. The molecule has 0 bridgehead atoms. The molecule has 134 valence electrons. The average molecular weight is 347 g/mol. The molecule has 1 aromatic rings. The molecule has 1 aliphatic heterocycles. The highest BCUT2D eigenvalue weighted by Gasteiger charge is 2.54. The Bertz CT molecular complexity index is 662. The first-order valence-electron chi connectivity index (χ1n) is 7.86. The fraction of sp³-hybridized carbons (Fsp3) is 0.353. The first-order chi connectivity index (χ1) is 11.9. The third-order valence-electron chi connectivity index (χ3n) is 3.89. The van der Waals surface area contributed by atoms with Gasteiger partial charge >= 0.3 is 5.97 Å². The van der Waals surface area contributed by atoms with E-state index in [1.807, 2.05) is 0 Å². The molecule has 0 aromatic heterocycles. The quantitative estimate of drug-likeness (QED) is 0.434. The number of carboxylic acids is 1. The van der Waals surface area contributed by atoms with E-state index >= 15 is 0 Å². The van der Waals surface area contributed by atoms with Crippen molar-refractivity contribution >= 4 is 17.8 Å². The molecule has 8 nitrogen and oxygen atoms in total. The number of imide groups is 1. The van der Waals surface area contributed by atoms with Crippen molar-refractivity contribution in [2.75, 3.05) is 13.2 Å². The standard InChI is InChI=1S/C17H21N3O5/c1-11(18)19-9-5-8-13-15(17(23)24)20(16(13)22)14(21)10-25-12-6-3-2-4-7-12/h2-4,6-7,13,15,19H,1,5,8-10,18H2,(H,23,24)/t13-,15?/m1/s1. The van der Waals surface area contributed by atoms with E-state index in [0.717, 1.165) is 4.90 Å². The number of carbonyl (C=O) groups excluding carboxylic acids is 2. The largest absolute Gasteiger partial charge is 0.484 e. The van der Waals surface area contributed by atoms with Gasteiger partial charge in [0.05, 0.1) is 11.7 Å². The van der Waals surface area contributed by atoms with Gasteiger partial charge in [-0.15, -0.1) is 0 Å². The number of nitrogens with one attached hydrogen (secondary N) is 1. The minimum Gasteiger partial charge on any atom is -0.484 e.